The number of nitrogens with zero attached hydrogens (tertiary/aromatic N) is 1. The molecule has 0 spiro atoms. The largest absolute Gasteiger partial charge is 0.444 e. The Morgan fingerprint density at radius 1 is 0.966 bits per heavy atom. The van der Waals surface area contributed by atoms with Crippen molar-refractivity contribution in [2.45, 2.75) is 37.8 Å². The molecular weight excluding hydrogens is 372 g/mol. The summed E-state index contributed by atoms with van der Waals surface area (Å²) in [6.45, 7) is 0. The van der Waals surface area contributed by atoms with Crippen molar-refractivity contribution in [3.63, 3.8) is 0 Å². The van der Waals surface area contributed by atoms with E-state index in [4.69, 9.17) is 4.74 Å². The van der Waals surface area contributed by atoms with Gasteiger partial charge in [-0.05, 0) is 31.0 Å². The highest BCUT2D eigenvalue weighted by Gasteiger charge is 2.32. The molecule has 7 nitrogen and oxygen atoms in total. The van der Waals surface area contributed by atoms with E-state index in [1.165, 1.54) is 12.1 Å². The van der Waals surface area contributed by atoms with E-state index in [1.54, 1.807) is 36.4 Å². The second-order valence-corrected chi connectivity index (χ2v) is 7.15. The fraction of sp³-hybridized carbons (Fsp3) is 0.273. The molecule has 0 radical (unpaired) electrons. The van der Waals surface area contributed by atoms with E-state index in [0.29, 0.717) is 11.3 Å². The first-order valence-electron chi connectivity index (χ1n) is 9.55. The summed E-state index contributed by atoms with van der Waals surface area (Å²) in [4.78, 5) is 50.4. The molecule has 2 aromatic carbocycles. The zero-order chi connectivity index (χ0) is 20.4. The molecule has 2 aromatic rings. The first-order valence-corrected chi connectivity index (χ1v) is 9.55. The molecule has 1 atom stereocenters. The molecule has 1 saturated heterocycles. The van der Waals surface area contributed by atoms with E-state index in [2.05, 4.69) is 5.32 Å². The quantitative estimate of drug-likeness (QED) is 0.602. The third-order valence-electron chi connectivity index (χ3n) is 4.88. The SMILES string of the molecule is O=C(O[C@H](C(=O)NC1CC1)c1ccccc1)c1cccc(N2C(=O)CCC2=O)c1. The van der Waals surface area contributed by atoms with Gasteiger partial charge in [0.15, 0.2) is 0 Å². The van der Waals surface area contributed by atoms with Crippen molar-refractivity contribution in [3.05, 3.63) is 65.7 Å². The molecule has 1 saturated carbocycles. The first-order chi connectivity index (χ1) is 14.0. The van der Waals surface area contributed by atoms with Crippen LogP contribution in [0.25, 0.3) is 0 Å². The third kappa shape index (κ3) is 4.18. The number of carbonyl (C=O) groups is 4. The molecule has 0 bridgehead atoms. The molecule has 0 unspecified atom stereocenters. The van der Waals surface area contributed by atoms with E-state index in [-0.39, 0.29) is 42.2 Å². The van der Waals surface area contributed by atoms with Crippen LogP contribution in [0.4, 0.5) is 5.69 Å². The van der Waals surface area contributed by atoms with Gasteiger partial charge in [-0.25, -0.2) is 4.79 Å². The number of hydrogen-bond donors (Lipinski definition) is 1. The average molecular weight is 392 g/mol. The molecule has 1 N–H and O–H groups in total. The number of anilines is 1. The maximum Gasteiger partial charge on any atom is 0.339 e. The van der Waals surface area contributed by atoms with Gasteiger partial charge in [0, 0.05) is 24.4 Å². The van der Waals surface area contributed by atoms with Crippen LogP contribution in [0.2, 0.25) is 0 Å². The lowest BCUT2D eigenvalue weighted by Crippen LogP contribution is -2.33. The Morgan fingerprint density at radius 2 is 1.66 bits per heavy atom. The van der Waals surface area contributed by atoms with Gasteiger partial charge >= 0.3 is 5.97 Å². The van der Waals surface area contributed by atoms with Crippen LogP contribution < -0.4 is 10.2 Å². The maximum atomic E-state index is 12.8. The Hall–Kier alpha value is -3.48. The fourth-order valence-corrected chi connectivity index (χ4v) is 3.22. The van der Waals surface area contributed by atoms with Crippen molar-refractivity contribution in [1.82, 2.24) is 5.32 Å². The predicted molar refractivity (Wildman–Crippen MR) is 104 cm³/mol. The van der Waals surface area contributed by atoms with E-state index in [9.17, 15) is 19.2 Å². The number of esters is 1. The summed E-state index contributed by atoms with van der Waals surface area (Å²) in [5.41, 5.74) is 1.06. The maximum absolute atomic E-state index is 12.8. The van der Waals surface area contributed by atoms with Crippen molar-refractivity contribution in [1.29, 1.82) is 0 Å². The summed E-state index contributed by atoms with van der Waals surface area (Å²) < 4.78 is 5.55. The van der Waals surface area contributed by atoms with Gasteiger partial charge in [0.05, 0.1) is 11.3 Å². The Labute approximate surface area is 167 Å². The Morgan fingerprint density at radius 3 is 2.31 bits per heavy atom. The van der Waals surface area contributed by atoms with Gasteiger partial charge in [-0.1, -0.05) is 36.4 Å². The fourth-order valence-electron chi connectivity index (χ4n) is 3.22. The first kappa shape index (κ1) is 18.9. The smallest absolute Gasteiger partial charge is 0.339 e. The molecular formula is C22H20N2O5. The minimum absolute atomic E-state index is 0.128. The van der Waals surface area contributed by atoms with E-state index in [0.717, 1.165) is 17.7 Å². The Bertz CT molecular complexity index is 952. The summed E-state index contributed by atoms with van der Waals surface area (Å²) in [6, 6.07) is 15.1. The predicted octanol–water partition coefficient (Wildman–Crippen LogP) is 2.52. The number of nitrogens with one attached hydrogen (secondary N) is 1. The number of hydrogen-bond acceptors (Lipinski definition) is 5. The van der Waals surface area contributed by atoms with Crippen molar-refractivity contribution < 1.29 is 23.9 Å². The number of rotatable bonds is 6. The average Bonchev–Trinajstić information content (AvgIpc) is 3.48. The van der Waals surface area contributed by atoms with Crippen molar-refractivity contribution in [2.75, 3.05) is 4.90 Å². The summed E-state index contributed by atoms with van der Waals surface area (Å²) in [5.74, 6) is -1.67. The molecule has 2 aliphatic rings. The van der Waals surface area contributed by atoms with Crippen molar-refractivity contribution in [3.8, 4) is 0 Å². The zero-order valence-corrected chi connectivity index (χ0v) is 15.7. The van der Waals surface area contributed by atoms with Gasteiger partial charge in [-0.15, -0.1) is 0 Å². The van der Waals surface area contributed by atoms with Crippen molar-refractivity contribution >= 4 is 29.4 Å². The summed E-state index contributed by atoms with van der Waals surface area (Å²) in [5, 5.41) is 2.86. The second-order valence-electron chi connectivity index (χ2n) is 7.15. The molecule has 1 aliphatic heterocycles. The second kappa shape index (κ2) is 7.87. The standard InChI is InChI=1S/C22H20N2O5/c25-18-11-12-19(26)24(18)17-8-4-7-15(13-17)22(28)29-20(14-5-2-1-3-6-14)21(27)23-16-9-10-16/h1-8,13,16,20H,9-12H2,(H,23,27)/t20-/m0/s1. The Kier molecular flexibility index (Phi) is 5.12. The summed E-state index contributed by atoms with van der Waals surface area (Å²) in [6.07, 6.45) is 1.07. The molecule has 0 aromatic heterocycles. The van der Waals surface area contributed by atoms with Gasteiger partial charge in [-0.2, -0.15) is 0 Å². The van der Waals surface area contributed by atoms with E-state index >= 15 is 0 Å². The molecule has 4 rings (SSSR count). The minimum atomic E-state index is -1.08. The van der Waals surface area contributed by atoms with Gasteiger partial charge in [0.1, 0.15) is 0 Å². The molecule has 7 heteroatoms. The molecule has 148 valence electrons. The van der Waals surface area contributed by atoms with Crippen LogP contribution in [-0.4, -0.2) is 29.7 Å². The molecule has 29 heavy (non-hydrogen) atoms. The van der Waals surface area contributed by atoms with E-state index in [1.807, 2.05) is 6.07 Å². The molecule has 1 aliphatic carbocycles. The van der Waals surface area contributed by atoms with Crippen LogP contribution in [0, 0.1) is 0 Å². The highest BCUT2D eigenvalue weighted by Crippen LogP contribution is 2.26. The number of imide groups is 1. The highest BCUT2D eigenvalue weighted by molar-refractivity contribution is 6.20. The van der Waals surface area contributed by atoms with Gasteiger partial charge in [0.2, 0.25) is 17.9 Å². The van der Waals surface area contributed by atoms with Crippen LogP contribution in [0.3, 0.4) is 0 Å². The monoisotopic (exact) mass is 392 g/mol. The van der Waals surface area contributed by atoms with Crippen LogP contribution in [0.15, 0.2) is 54.6 Å². The lowest BCUT2D eigenvalue weighted by Gasteiger charge is -2.19. The lowest BCUT2D eigenvalue weighted by molar-refractivity contribution is -0.130. The Balaban J connectivity index is 1.56. The summed E-state index contributed by atoms with van der Waals surface area (Å²) in [7, 11) is 0. The number of amides is 3. The summed E-state index contributed by atoms with van der Waals surface area (Å²) >= 11 is 0. The zero-order valence-electron chi connectivity index (χ0n) is 15.7. The van der Waals surface area contributed by atoms with Gasteiger partial charge < -0.3 is 10.1 Å². The lowest BCUT2D eigenvalue weighted by atomic mass is 10.1. The van der Waals surface area contributed by atoms with Crippen LogP contribution >= 0.6 is 0 Å². The number of carbonyl (C=O) groups excluding carboxylic acids is 4. The van der Waals surface area contributed by atoms with Gasteiger partial charge in [-0.3, -0.25) is 19.3 Å². The van der Waals surface area contributed by atoms with Gasteiger partial charge in [0.25, 0.3) is 5.91 Å². The topological polar surface area (TPSA) is 92.8 Å². The van der Waals surface area contributed by atoms with E-state index < -0.39 is 12.1 Å². The highest BCUT2D eigenvalue weighted by atomic mass is 16.5. The van der Waals surface area contributed by atoms with Crippen LogP contribution in [0.1, 0.15) is 47.7 Å². The molecule has 3 amide bonds. The number of ether oxygens (including phenoxy) is 1. The molecule has 2 fully saturated rings. The normalized spacial score (nSPS) is 17.2. The van der Waals surface area contributed by atoms with Crippen molar-refractivity contribution in [2.24, 2.45) is 0 Å². The third-order valence-corrected chi connectivity index (χ3v) is 4.88. The van der Waals surface area contributed by atoms with Crippen LogP contribution in [-0.2, 0) is 19.1 Å². The molecule has 1 heterocycles. The van der Waals surface area contributed by atoms with Crippen LogP contribution in [0.5, 0.6) is 0 Å². The number of benzene rings is 2. The minimum Gasteiger partial charge on any atom is -0.444 e.